The summed E-state index contributed by atoms with van der Waals surface area (Å²) in [5.74, 6) is 0.356. The first-order chi connectivity index (χ1) is 6.63. The standard InChI is InChI=1S/C11H13BrO2/c1-2-3-10(13)6-8-4-5-9(12)7-11(8)14/h4-5,7,14H,2-3,6H2,1H3. The smallest absolute Gasteiger partial charge is 0.137 e. The second-order valence-electron chi connectivity index (χ2n) is 3.24. The molecular formula is C11H13BrO2. The highest BCUT2D eigenvalue weighted by molar-refractivity contribution is 9.10. The maximum atomic E-state index is 11.3. The Bertz CT molecular complexity index is 334. The van der Waals surface area contributed by atoms with Crippen LogP contribution in [0.15, 0.2) is 22.7 Å². The molecule has 0 aliphatic rings. The highest BCUT2D eigenvalue weighted by Crippen LogP contribution is 2.23. The van der Waals surface area contributed by atoms with Gasteiger partial charge in [-0.05, 0) is 18.6 Å². The summed E-state index contributed by atoms with van der Waals surface area (Å²) < 4.78 is 0.821. The van der Waals surface area contributed by atoms with E-state index in [1.807, 2.05) is 13.0 Å². The molecule has 0 aliphatic heterocycles. The Morgan fingerprint density at radius 3 is 2.79 bits per heavy atom. The molecule has 1 rings (SSSR count). The predicted octanol–water partition coefficient (Wildman–Crippen LogP) is 3.07. The maximum Gasteiger partial charge on any atom is 0.137 e. The molecule has 14 heavy (non-hydrogen) atoms. The Hall–Kier alpha value is -0.830. The van der Waals surface area contributed by atoms with E-state index >= 15 is 0 Å². The van der Waals surface area contributed by atoms with Crippen molar-refractivity contribution < 1.29 is 9.90 Å². The Balaban J connectivity index is 2.72. The van der Waals surface area contributed by atoms with Crippen molar-refractivity contribution in [2.75, 3.05) is 0 Å². The van der Waals surface area contributed by atoms with Gasteiger partial charge in [0.15, 0.2) is 0 Å². The second-order valence-corrected chi connectivity index (χ2v) is 4.15. The summed E-state index contributed by atoms with van der Waals surface area (Å²) in [6, 6.07) is 5.20. The van der Waals surface area contributed by atoms with Crippen molar-refractivity contribution in [3.05, 3.63) is 28.2 Å². The number of hydrogen-bond donors (Lipinski definition) is 1. The van der Waals surface area contributed by atoms with E-state index in [0.717, 1.165) is 10.9 Å². The molecule has 1 aromatic carbocycles. The van der Waals surface area contributed by atoms with Crippen LogP contribution in [0.3, 0.4) is 0 Å². The van der Waals surface area contributed by atoms with Gasteiger partial charge in [0.25, 0.3) is 0 Å². The third kappa shape index (κ3) is 3.14. The van der Waals surface area contributed by atoms with Gasteiger partial charge in [0, 0.05) is 22.9 Å². The molecule has 0 aromatic heterocycles. The normalized spacial score (nSPS) is 10.1. The van der Waals surface area contributed by atoms with Crippen molar-refractivity contribution in [1.29, 1.82) is 0 Å². The van der Waals surface area contributed by atoms with Crippen molar-refractivity contribution in [3.63, 3.8) is 0 Å². The van der Waals surface area contributed by atoms with Gasteiger partial charge in [-0.25, -0.2) is 0 Å². The van der Waals surface area contributed by atoms with Crippen LogP contribution >= 0.6 is 15.9 Å². The lowest BCUT2D eigenvalue weighted by Crippen LogP contribution is -2.01. The number of Topliss-reactive ketones (excluding diaryl/α,β-unsaturated/α-hetero) is 1. The van der Waals surface area contributed by atoms with Gasteiger partial charge in [0.2, 0.25) is 0 Å². The van der Waals surface area contributed by atoms with E-state index in [1.54, 1.807) is 12.1 Å². The Morgan fingerprint density at radius 2 is 2.21 bits per heavy atom. The van der Waals surface area contributed by atoms with Crippen LogP contribution in [0.2, 0.25) is 0 Å². The van der Waals surface area contributed by atoms with Gasteiger partial charge in [-0.15, -0.1) is 0 Å². The third-order valence-electron chi connectivity index (χ3n) is 1.96. The fraction of sp³-hybridized carbons (Fsp3) is 0.364. The number of ketones is 1. The highest BCUT2D eigenvalue weighted by Gasteiger charge is 2.06. The molecule has 0 spiro atoms. The van der Waals surface area contributed by atoms with Gasteiger partial charge < -0.3 is 5.11 Å². The monoisotopic (exact) mass is 256 g/mol. The zero-order valence-corrected chi connectivity index (χ0v) is 9.67. The molecule has 0 bridgehead atoms. The minimum absolute atomic E-state index is 0.171. The van der Waals surface area contributed by atoms with Crippen molar-refractivity contribution >= 4 is 21.7 Å². The number of benzene rings is 1. The lowest BCUT2D eigenvalue weighted by Gasteiger charge is -2.03. The van der Waals surface area contributed by atoms with Gasteiger partial charge in [-0.2, -0.15) is 0 Å². The number of hydrogen-bond acceptors (Lipinski definition) is 2. The molecule has 0 heterocycles. The third-order valence-corrected chi connectivity index (χ3v) is 2.46. The fourth-order valence-electron chi connectivity index (χ4n) is 1.27. The van der Waals surface area contributed by atoms with Crippen LogP contribution < -0.4 is 0 Å². The summed E-state index contributed by atoms with van der Waals surface area (Å²) in [6.07, 6.45) is 1.76. The fourth-order valence-corrected chi connectivity index (χ4v) is 1.62. The van der Waals surface area contributed by atoms with Gasteiger partial charge in [-0.1, -0.05) is 28.9 Å². The summed E-state index contributed by atoms with van der Waals surface area (Å²) in [5, 5.41) is 9.53. The number of carbonyl (C=O) groups excluding carboxylic acids is 1. The molecule has 0 radical (unpaired) electrons. The minimum Gasteiger partial charge on any atom is -0.508 e. The first-order valence-corrected chi connectivity index (χ1v) is 5.42. The number of rotatable bonds is 4. The molecule has 0 atom stereocenters. The Labute approximate surface area is 92.1 Å². The highest BCUT2D eigenvalue weighted by atomic mass is 79.9. The number of phenols is 1. The van der Waals surface area contributed by atoms with Gasteiger partial charge in [0.1, 0.15) is 11.5 Å². The van der Waals surface area contributed by atoms with Crippen LogP contribution in [0.4, 0.5) is 0 Å². The first-order valence-electron chi connectivity index (χ1n) is 4.62. The average Bonchev–Trinajstić information content (AvgIpc) is 2.10. The minimum atomic E-state index is 0.171. The lowest BCUT2D eigenvalue weighted by atomic mass is 10.1. The van der Waals surface area contributed by atoms with Crippen molar-refractivity contribution in [2.45, 2.75) is 26.2 Å². The van der Waals surface area contributed by atoms with E-state index in [1.165, 1.54) is 0 Å². The van der Waals surface area contributed by atoms with Crippen LogP contribution in [0.5, 0.6) is 5.75 Å². The molecule has 2 nitrogen and oxygen atoms in total. The summed E-state index contributed by atoms with van der Waals surface area (Å²) in [5.41, 5.74) is 0.701. The number of halogens is 1. The summed E-state index contributed by atoms with van der Waals surface area (Å²) in [7, 11) is 0. The van der Waals surface area contributed by atoms with Crippen molar-refractivity contribution in [2.24, 2.45) is 0 Å². The number of phenolic OH excluding ortho intramolecular Hbond substituents is 1. The topological polar surface area (TPSA) is 37.3 Å². The summed E-state index contributed by atoms with van der Waals surface area (Å²) in [4.78, 5) is 11.3. The van der Waals surface area contributed by atoms with E-state index in [9.17, 15) is 9.90 Å². The summed E-state index contributed by atoms with van der Waals surface area (Å²) in [6.45, 7) is 1.97. The van der Waals surface area contributed by atoms with Gasteiger partial charge >= 0.3 is 0 Å². The molecule has 0 unspecified atom stereocenters. The quantitative estimate of drug-likeness (QED) is 0.899. The molecule has 76 valence electrons. The molecular weight excluding hydrogens is 244 g/mol. The van der Waals surface area contributed by atoms with Gasteiger partial charge in [0.05, 0.1) is 0 Å². The van der Waals surface area contributed by atoms with Crippen molar-refractivity contribution in [1.82, 2.24) is 0 Å². The van der Waals surface area contributed by atoms with Crippen LogP contribution in [0.1, 0.15) is 25.3 Å². The van der Waals surface area contributed by atoms with E-state index in [4.69, 9.17) is 0 Å². The molecule has 1 N–H and O–H groups in total. The Morgan fingerprint density at radius 1 is 1.50 bits per heavy atom. The molecule has 0 fully saturated rings. The van der Waals surface area contributed by atoms with Crippen LogP contribution in [-0.4, -0.2) is 10.9 Å². The van der Waals surface area contributed by atoms with Crippen LogP contribution in [-0.2, 0) is 11.2 Å². The average molecular weight is 257 g/mol. The van der Waals surface area contributed by atoms with Crippen molar-refractivity contribution in [3.8, 4) is 5.75 Å². The number of aromatic hydroxyl groups is 1. The number of carbonyl (C=O) groups is 1. The maximum absolute atomic E-state index is 11.3. The SMILES string of the molecule is CCCC(=O)Cc1ccc(Br)cc1O. The predicted molar refractivity (Wildman–Crippen MR) is 59.4 cm³/mol. The van der Waals surface area contributed by atoms with Crippen LogP contribution in [0.25, 0.3) is 0 Å². The molecule has 0 amide bonds. The molecule has 3 heteroatoms. The Kier molecular flexibility index (Phi) is 4.14. The van der Waals surface area contributed by atoms with E-state index in [2.05, 4.69) is 15.9 Å². The summed E-state index contributed by atoms with van der Waals surface area (Å²) >= 11 is 3.25. The first kappa shape index (κ1) is 11.2. The van der Waals surface area contributed by atoms with Crippen LogP contribution in [0, 0.1) is 0 Å². The van der Waals surface area contributed by atoms with E-state index < -0.39 is 0 Å². The lowest BCUT2D eigenvalue weighted by molar-refractivity contribution is -0.118. The van der Waals surface area contributed by atoms with E-state index in [-0.39, 0.29) is 11.5 Å². The molecule has 0 saturated carbocycles. The molecule has 1 aromatic rings. The zero-order valence-electron chi connectivity index (χ0n) is 8.09. The second kappa shape index (κ2) is 5.15. The molecule has 0 saturated heterocycles. The van der Waals surface area contributed by atoms with Gasteiger partial charge in [-0.3, -0.25) is 4.79 Å². The zero-order chi connectivity index (χ0) is 10.6. The largest absolute Gasteiger partial charge is 0.508 e. The van der Waals surface area contributed by atoms with E-state index in [0.29, 0.717) is 18.4 Å². The molecule has 0 aliphatic carbocycles.